The van der Waals surface area contributed by atoms with Gasteiger partial charge in [-0.05, 0) is 30.2 Å². The monoisotopic (exact) mass is 205 g/mol. The fourth-order valence-electron chi connectivity index (χ4n) is 2.24. The molecule has 0 bridgehead atoms. The maximum absolute atomic E-state index is 13.0. The zero-order valence-corrected chi connectivity index (χ0v) is 8.29. The van der Waals surface area contributed by atoms with Gasteiger partial charge in [0.05, 0.1) is 6.61 Å². The van der Waals surface area contributed by atoms with E-state index in [-0.39, 0.29) is 5.82 Å². The maximum atomic E-state index is 13.0. The van der Waals surface area contributed by atoms with Crippen molar-refractivity contribution in [3.8, 4) is 0 Å². The van der Waals surface area contributed by atoms with Crippen LogP contribution in [0.1, 0.15) is 17.9 Å². The summed E-state index contributed by atoms with van der Waals surface area (Å²) in [6.07, 6.45) is 3.04. The molecule has 2 nitrogen and oxygen atoms in total. The van der Waals surface area contributed by atoms with E-state index in [1.54, 1.807) is 0 Å². The standard InChI is InChI=1S/C12H12FNO/c13-9-1-2-10-11(6-14-12(10)5-9)8-3-4-15-7-8/h1-2,5-6,8,14H,3-4,7H2. The molecule has 1 aliphatic heterocycles. The molecule has 3 rings (SSSR count). The van der Waals surface area contributed by atoms with Gasteiger partial charge in [-0.25, -0.2) is 4.39 Å². The molecule has 1 saturated heterocycles. The van der Waals surface area contributed by atoms with Crippen LogP contribution in [0.2, 0.25) is 0 Å². The van der Waals surface area contributed by atoms with Crippen molar-refractivity contribution in [3.05, 3.63) is 35.8 Å². The smallest absolute Gasteiger partial charge is 0.125 e. The molecular formula is C12H12FNO. The highest BCUT2D eigenvalue weighted by atomic mass is 19.1. The first-order chi connectivity index (χ1) is 7.34. The number of halogens is 1. The van der Waals surface area contributed by atoms with Crippen LogP contribution in [-0.2, 0) is 4.74 Å². The number of ether oxygens (including phenoxy) is 1. The predicted molar refractivity (Wildman–Crippen MR) is 56.4 cm³/mol. The fraction of sp³-hybridized carbons (Fsp3) is 0.333. The van der Waals surface area contributed by atoms with Crippen LogP contribution in [0.15, 0.2) is 24.4 Å². The van der Waals surface area contributed by atoms with Crippen molar-refractivity contribution in [2.45, 2.75) is 12.3 Å². The van der Waals surface area contributed by atoms with Crippen LogP contribution >= 0.6 is 0 Å². The Morgan fingerprint density at radius 1 is 1.40 bits per heavy atom. The molecule has 0 spiro atoms. The Bertz CT molecular complexity index is 485. The second kappa shape index (κ2) is 3.35. The van der Waals surface area contributed by atoms with Crippen LogP contribution in [0.3, 0.4) is 0 Å². The summed E-state index contributed by atoms with van der Waals surface area (Å²) in [7, 11) is 0. The minimum absolute atomic E-state index is 0.196. The minimum Gasteiger partial charge on any atom is -0.381 e. The van der Waals surface area contributed by atoms with E-state index in [2.05, 4.69) is 4.98 Å². The third kappa shape index (κ3) is 1.43. The van der Waals surface area contributed by atoms with E-state index in [1.807, 2.05) is 12.3 Å². The van der Waals surface area contributed by atoms with Gasteiger partial charge in [0, 0.05) is 29.6 Å². The molecule has 15 heavy (non-hydrogen) atoms. The SMILES string of the molecule is Fc1ccc2c(C3CCOC3)c[nH]c2c1. The number of hydrogen-bond donors (Lipinski definition) is 1. The van der Waals surface area contributed by atoms with E-state index in [0.717, 1.165) is 30.5 Å². The van der Waals surface area contributed by atoms with Gasteiger partial charge in [-0.3, -0.25) is 0 Å². The van der Waals surface area contributed by atoms with E-state index in [0.29, 0.717) is 5.92 Å². The molecule has 0 saturated carbocycles. The quantitative estimate of drug-likeness (QED) is 0.760. The van der Waals surface area contributed by atoms with Gasteiger partial charge >= 0.3 is 0 Å². The zero-order chi connectivity index (χ0) is 10.3. The van der Waals surface area contributed by atoms with E-state index < -0.39 is 0 Å². The predicted octanol–water partition coefficient (Wildman–Crippen LogP) is 2.81. The summed E-state index contributed by atoms with van der Waals surface area (Å²) < 4.78 is 18.3. The van der Waals surface area contributed by atoms with Gasteiger partial charge in [0.15, 0.2) is 0 Å². The normalized spacial score (nSPS) is 21.3. The Balaban J connectivity index is 2.11. The first-order valence-corrected chi connectivity index (χ1v) is 5.19. The second-order valence-corrected chi connectivity index (χ2v) is 3.99. The Kier molecular flexibility index (Phi) is 1.99. The first-order valence-electron chi connectivity index (χ1n) is 5.19. The third-order valence-corrected chi connectivity index (χ3v) is 3.05. The lowest BCUT2D eigenvalue weighted by molar-refractivity contribution is 0.194. The van der Waals surface area contributed by atoms with Gasteiger partial charge in [0.1, 0.15) is 5.82 Å². The van der Waals surface area contributed by atoms with Gasteiger partial charge in [0.25, 0.3) is 0 Å². The van der Waals surface area contributed by atoms with Crippen molar-refractivity contribution in [3.63, 3.8) is 0 Å². The average Bonchev–Trinajstić information content (AvgIpc) is 2.82. The number of aromatic amines is 1. The molecule has 1 aromatic heterocycles. The highest BCUT2D eigenvalue weighted by Gasteiger charge is 2.20. The maximum Gasteiger partial charge on any atom is 0.125 e. The molecule has 1 aromatic carbocycles. The highest BCUT2D eigenvalue weighted by molar-refractivity contribution is 5.83. The summed E-state index contributed by atoms with van der Waals surface area (Å²) >= 11 is 0. The molecular weight excluding hydrogens is 193 g/mol. The molecule has 2 heterocycles. The van der Waals surface area contributed by atoms with E-state index in [4.69, 9.17) is 4.74 Å². The molecule has 78 valence electrons. The molecule has 0 aliphatic carbocycles. The van der Waals surface area contributed by atoms with Crippen molar-refractivity contribution in [2.75, 3.05) is 13.2 Å². The van der Waals surface area contributed by atoms with Crippen LogP contribution in [0, 0.1) is 5.82 Å². The molecule has 1 fully saturated rings. The van der Waals surface area contributed by atoms with Crippen molar-refractivity contribution < 1.29 is 9.13 Å². The molecule has 0 amide bonds. The molecule has 1 unspecified atom stereocenters. The molecule has 1 N–H and O–H groups in total. The lowest BCUT2D eigenvalue weighted by atomic mass is 9.98. The summed E-state index contributed by atoms with van der Waals surface area (Å²) in [4.78, 5) is 3.11. The number of fused-ring (bicyclic) bond motifs is 1. The highest BCUT2D eigenvalue weighted by Crippen LogP contribution is 2.31. The molecule has 3 heteroatoms. The second-order valence-electron chi connectivity index (χ2n) is 3.99. The number of aromatic nitrogens is 1. The summed E-state index contributed by atoms with van der Waals surface area (Å²) in [5.41, 5.74) is 2.12. The summed E-state index contributed by atoms with van der Waals surface area (Å²) in [5.74, 6) is 0.266. The van der Waals surface area contributed by atoms with Gasteiger partial charge in [-0.1, -0.05) is 0 Å². The van der Waals surface area contributed by atoms with Crippen LogP contribution in [0.4, 0.5) is 4.39 Å². The van der Waals surface area contributed by atoms with Crippen LogP contribution < -0.4 is 0 Å². The van der Waals surface area contributed by atoms with Crippen LogP contribution in [0.5, 0.6) is 0 Å². The Morgan fingerprint density at radius 3 is 3.13 bits per heavy atom. The van der Waals surface area contributed by atoms with Gasteiger partial charge < -0.3 is 9.72 Å². The topological polar surface area (TPSA) is 25.0 Å². The average molecular weight is 205 g/mol. The van der Waals surface area contributed by atoms with E-state index in [1.165, 1.54) is 17.7 Å². The van der Waals surface area contributed by atoms with Crippen molar-refractivity contribution in [1.29, 1.82) is 0 Å². The van der Waals surface area contributed by atoms with Gasteiger partial charge in [0.2, 0.25) is 0 Å². The van der Waals surface area contributed by atoms with Gasteiger partial charge in [-0.15, -0.1) is 0 Å². The number of H-pyrrole nitrogens is 1. The Morgan fingerprint density at radius 2 is 2.33 bits per heavy atom. The minimum atomic E-state index is -0.196. The number of hydrogen-bond acceptors (Lipinski definition) is 1. The van der Waals surface area contributed by atoms with Crippen molar-refractivity contribution >= 4 is 10.9 Å². The third-order valence-electron chi connectivity index (χ3n) is 3.05. The summed E-state index contributed by atoms with van der Waals surface area (Å²) in [6, 6.07) is 4.89. The fourth-order valence-corrected chi connectivity index (χ4v) is 2.24. The molecule has 1 atom stereocenters. The number of nitrogens with one attached hydrogen (secondary N) is 1. The Hall–Kier alpha value is -1.35. The summed E-state index contributed by atoms with van der Waals surface area (Å²) in [5, 5.41) is 1.12. The lowest BCUT2D eigenvalue weighted by Crippen LogP contribution is -1.95. The lowest BCUT2D eigenvalue weighted by Gasteiger charge is -2.05. The van der Waals surface area contributed by atoms with E-state index in [9.17, 15) is 4.39 Å². The summed E-state index contributed by atoms with van der Waals surface area (Å²) in [6.45, 7) is 1.61. The largest absolute Gasteiger partial charge is 0.381 e. The van der Waals surface area contributed by atoms with Gasteiger partial charge in [-0.2, -0.15) is 0 Å². The molecule has 2 aromatic rings. The van der Waals surface area contributed by atoms with Crippen LogP contribution in [-0.4, -0.2) is 18.2 Å². The number of benzene rings is 1. The Labute approximate surface area is 87.1 Å². The zero-order valence-electron chi connectivity index (χ0n) is 8.29. The van der Waals surface area contributed by atoms with E-state index >= 15 is 0 Å². The molecule has 1 aliphatic rings. The van der Waals surface area contributed by atoms with Crippen molar-refractivity contribution in [2.24, 2.45) is 0 Å². The first kappa shape index (κ1) is 8.92. The number of rotatable bonds is 1. The van der Waals surface area contributed by atoms with Crippen molar-refractivity contribution in [1.82, 2.24) is 4.98 Å². The molecule has 0 radical (unpaired) electrons. The van der Waals surface area contributed by atoms with Crippen LogP contribution in [0.25, 0.3) is 10.9 Å².